The summed E-state index contributed by atoms with van der Waals surface area (Å²) in [5.74, 6) is 1.31. The predicted octanol–water partition coefficient (Wildman–Crippen LogP) is 3.29. The summed E-state index contributed by atoms with van der Waals surface area (Å²) in [6.45, 7) is 5.71. The second kappa shape index (κ2) is 6.83. The number of aryl methyl sites for hydroxylation is 1. The molecule has 1 aromatic carbocycles. The number of anilines is 1. The van der Waals surface area contributed by atoms with Gasteiger partial charge in [0.05, 0.1) is 25.5 Å². The van der Waals surface area contributed by atoms with Gasteiger partial charge in [-0.3, -0.25) is 0 Å². The van der Waals surface area contributed by atoms with Crippen molar-refractivity contribution >= 4 is 11.7 Å². The zero-order valence-corrected chi connectivity index (χ0v) is 13.4. The molecule has 1 fully saturated rings. The average molecular weight is 315 g/mol. The van der Waals surface area contributed by atoms with E-state index in [1.807, 2.05) is 36.1 Å². The van der Waals surface area contributed by atoms with Crippen LogP contribution >= 0.6 is 0 Å². The van der Waals surface area contributed by atoms with Crippen molar-refractivity contribution in [2.75, 3.05) is 25.1 Å². The van der Waals surface area contributed by atoms with Gasteiger partial charge < -0.3 is 19.4 Å². The number of aromatic nitrogens is 1. The van der Waals surface area contributed by atoms with Crippen LogP contribution in [0.1, 0.15) is 19.1 Å². The molecule has 2 heterocycles. The van der Waals surface area contributed by atoms with Gasteiger partial charge in [-0.1, -0.05) is 13.0 Å². The molecule has 3 rings (SSSR count). The van der Waals surface area contributed by atoms with Gasteiger partial charge >= 0.3 is 6.03 Å². The molecular weight excluding hydrogens is 294 g/mol. The third-order valence-electron chi connectivity index (χ3n) is 3.94. The molecule has 0 aliphatic carbocycles. The van der Waals surface area contributed by atoms with E-state index in [0.717, 1.165) is 23.4 Å². The molecule has 2 amide bonds. The Balaban J connectivity index is 1.73. The monoisotopic (exact) mass is 315 g/mol. The first kappa shape index (κ1) is 15.6. The van der Waals surface area contributed by atoms with Gasteiger partial charge in [0.15, 0.2) is 0 Å². The van der Waals surface area contributed by atoms with Crippen LogP contribution in [-0.4, -0.2) is 41.7 Å². The Kier molecular flexibility index (Phi) is 4.62. The number of carbonyl (C=O) groups excluding carboxylic acids is 1. The van der Waals surface area contributed by atoms with E-state index in [1.54, 1.807) is 6.20 Å². The summed E-state index contributed by atoms with van der Waals surface area (Å²) in [4.78, 5) is 18.6. The van der Waals surface area contributed by atoms with E-state index in [9.17, 15) is 4.79 Å². The zero-order chi connectivity index (χ0) is 16.2. The molecular formula is C17H21N3O3. The number of nitrogens with zero attached hydrogens (tertiary/aromatic N) is 2. The van der Waals surface area contributed by atoms with Crippen molar-refractivity contribution in [3.05, 3.63) is 36.2 Å². The second-order valence-electron chi connectivity index (χ2n) is 5.62. The Labute approximate surface area is 135 Å². The van der Waals surface area contributed by atoms with Crippen LogP contribution in [0.3, 0.4) is 0 Å². The van der Waals surface area contributed by atoms with Crippen molar-refractivity contribution < 1.29 is 13.9 Å². The highest BCUT2D eigenvalue weighted by Gasteiger charge is 2.25. The highest BCUT2D eigenvalue weighted by molar-refractivity contribution is 5.90. The van der Waals surface area contributed by atoms with Crippen molar-refractivity contribution in [2.24, 2.45) is 0 Å². The van der Waals surface area contributed by atoms with Crippen LogP contribution in [0.25, 0.3) is 11.5 Å². The van der Waals surface area contributed by atoms with E-state index in [4.69, 9.17) is 9.15 Å². The number of amides is 2. The van der Waals surface area contributed by atoms with Crippen molar-refractivity contribution in [3.63, 3.8) is 0 Å². The van der Waals surface area contributed by atoms with Gasteiger partial charge in [0.1, 0.15) is 5.76 Å². The molecule has 122 valence electrons. The van der Waals surface area contributed by atoms with E-state index >= 15 is 0 Å². The molecule has 1 N–H and O–H groups in total. The summed E-state index contributed by atoms with van der Waals surface area (Å²) in [5, 5.41) is 2.95. The lowest BCUT2D eigenvalue weighted by Gasteiger charge is -2.35. The Hall–Kier alpha value is -2.34. The summed E-state index contributed by atoms with van der Waals surface area (Å²) in [5.41, 5.74) is 1.56. The van der Waals surface area contributed by atoms with Crippen LogP contribution in [-0.2, 0) is 4.74 Å². The highest BCUT2D eigenvalue weighted by Crippen LogP contribution is 2.23. The molecule has 2 aromatic rings. The Morgan fingerprint density at radius 2 is 2.35 bits per heavy atom. The van der Waals surface area contributed by atoms with E-state index < -0.39 is 0 Å². The lowest BCUT2D eigenvalue weighted by Crippen LogP contribution is -2.50. The SMILES string of the molecule is CC[C@@H]1COCCN1C(=O)Nc1cccc(-c2ncc(C)o2)c1. The molecule has 0 saturated carbocycles. The molecule has 1 aliphatic heterocycles. The summed E-state index contributed by atoms with van der Waals surface area (Å²) in [7, 11) is 0. The summed E-state index contributed by atoms with van der Waals surface area (Å²) in [6, 6.07) is 7.54. The molecule has 1 atom stereocenters. The number of morpholine rings is 1. The summed E-state index contributed by atoms with van der Waals surface area (Å²) >= 11 is 0. The van der Waals surface area contributed by atoms with E-state index in [-0.39, 0.29) is 12.1 Å². The van der Waals surface area contributed by atoms with Gasteiger partial charge in [-0.25, -0.2) is 9.78 Å². The molecule has 0 radical (unpaired) electrons. The van der Waals surface area contributed by atoms with Crippen molar-refractivity contribution in [1.29, 1.82) is 0 Å². The second-order valence-corrected chi connectivity index (χ2v) is 5.62. The van der Waals surface area contributed by atoms with Gasteiger partial charge in [-0.15, -0.1) is 0 Å². The van der Waals surface area contributed by atoms with Gasteiger partial charge in [-0.05, 0) is 31.5 Å². The van der Waals surface area contributed by atoms with Gasteiger partial charge in [0.25, 0.3) is 0 Å². The largest absolute Gasteiger partial charge is 0.441 e. The van der Waals surface area contributed by atoms with Crippen LogP contribution in [0.5, 0.6) is 0 Å². The molecule has 23 heavy (non-hydrogen) atoms. The van der Waals surface area contributed by atoms with Crippen LogP contribution in [0.2, 0.25) is 0 Å². The molecule has 0 unspecified atom stereocenters. The first-order chi connectivity index (χ1) is 11.2. The Bertz CT molecular complexity index is 683. The third-order valence-corrected chi connectivity index (χ3v) is 3.94. The standard InChI is InChI=1S/C17H21N3O3/c1-3-15-11-22-8-7-20(15)17(21)19-14-6-4-5-13(9-14)16-18-10-12(2)23-16/h4-6,9-10,15H,3,7-8,11H2,1-2H3,(H,19,21)/t15-/m1/s1. The number of benzene rings is 1. The lowest BCUT2D eigenvalue weighted by atomic mass is 10.2. The normalized spacial score (nSPS) is 18.0. The van der Waals surface area contributed by atoms with Crippen LogP contribution < -0.4 is 5.32 Å². The van der Waals surface area contributed by atoms with Gasteiger partial charge in [-0.2, -0.15) is 0 Å². The van der Waals surface area contributed by atoms with Crippen LogP contribution in [0.15, 0.2) is 34.9 Å². The molecule has 1 aliphatic rings. The lowest BCUT2D eigenvalue weighted by molar-refractivity contribution is 0.0144. The van der Waals surface area contributed by atoms with E-state index in [2.05, 4.69) is 17.2 Å². The zero-order valence-electron chi connectivity index (χ0n) is 13.4. The van der Waals surface area contributed by atoms with Crippen LogP contribution in [0.4, 0.5) is 10.5 Å². The number of oxazole rings is 1. The average Bonchev–Trinajstić information content (AvgIpc) is 3.01. The molecule has 1 saturated heterocycles. The maximum atomic E-state index is 12.5. The fourth-order valence-electron chi connectivity index (χ4n) is 2.67. The topological polar surface area (TPSA) is 67.6 Å². The predicted molar refractivity (Wildman–Crippen MR) is 87.3 cm³/mol. The third kappa shape index (κ3) is 3.53. The van der Waals surface area contributed by atoms with E-state index in [1.165, 1.54) is 0 Å². The van der Waals surface area contributed by atoms with Crippen molar-refractivity contribution in [1.82, 2.24) is 9.88 Å². The quantitative estimate of drug-likeness (QED) is 0.943. The first-order valence-electron chi connectivity index (χ1n) is 7.85. The van der Waals surface area contributed by atoms with Crippen LogP contribution in [0, 0.1) is 6.92 Å². The molecule has 1 aromatic heterocycles. The maximum absolute atomic E-state index is 12.5. The number of rotatable bonds is 3. The number of hydrogen-bond acceptors (Lipinski definition) is 4. The molecule has 0 bridgehead atoms. The molecule has 6 nitrogen and oxygen atoms in total. The van der Waals surface area contributed by atoms with Gasteiger partial charge in [0, 0.05) is 17.8 Å². The number of nitrogens with one attached hydrogen (secondary N) is 1. The molecule has 0 spiro atoms. The Morgan fingerprint density at radius 1 is 1.48 bits per heavy atom. The number of hydrogen-bond donors (Lipinski definition) is 1. The minimum absolute atomic E-state index is 0.0964. The summed E-state index contributed by atoms with van der Waals surface area (Å²) < 4.78 is 11.0. The van der Waals surface area contributed by atoms with Gasteiger partial charge in [0.2, 0.25) is 5.89 Å². The van der Waals surface area contributed by atoms with E-state index in [0.29, 0.717) is 25.6 Å². The van der Waals surface area contributed by atoms with Crippen molar-refractivity contribution in [2.45, 2.75) is 26.3 Å². The number of urea groups is 1. The smallest absolute Gasteiger partial charge is 0.322 e. The van der Waals surface area contributed by atoms with Crippen molar-refractivity contribution in [3.8, 4) is 11.5 Å². The number of ether oxygens (including phenoxy) is 1. The first-order valence-corrected chi connectivity index (χ1v) is 7.85. The minimum atomic E-state index is -0.0964. The minimum Gasteiger partial charge on any atom is -0.441 e. The summed E-state index contributed by atoms with van der Waals surface area (Å²) in [6.07, 6.45) is 2.56. The fraction of sp³-hybridized carbons (Fsp3) is 0.412. The maximum Gasteiger partial charge on any atom is 0.322 e. The fourth-order valence-corrected chi connectivity index (χ4v) is 2.67. The number of carbonyl (C=O) groups is 1. The highest BCUT2D eigenvalue weighted by atomic mass is 16.5. The molecule has 6 heteroatoms. The Morgan fingerprint density at radius 3 is 3.09 bits per heavy atom.